The molecule has 0 spiro atoms. The van der Waals surface area contributed by atoms with E-state index in [0.717, 1.165) is 0 Å². The molecule has 0 aliphatic heterocycles. The van der Waals surface area contributed by atoms with Crippen LogP contribution in [0.4, 0.5) is 13.2 Å². The Morgan fingerprint density at radius 3 is 2.45 bits per heavy atom. The van der Waals surface area contributed by atoms with E-state index in [1.54, 1.807) is 0 Å². The van der Waals surface area contributed by atoms with Crippen LogP contribution in [-0.4, -0.2) is 24.9 Å². The quantitative estimate of drug-likeness (QED) is 0.458. The number of halogens is 3. The zero-order valence-electron chi connectivity index (χ0n) is 5.89. The Morgan fingerprint density at radius 1 is 1.55 bits per heavy atom. The van der Waals surface area contributed by atoms with E-state index >= 15 is 0 Å². The molecule has 0 heterocycles. The highest BCUT2D eigenvalue weighted by Gasteiger charge is 2.26. The number of nitrogens with two attached hydrogens (primary N) is 1. The normalized spacial score (nSPS) is 14.4. The van der Waals surface area contributed by atoms with Crippen molar-refractivity contribution in [3.05, 3.63) is 0 Å². The summed E-state index contributed by atoms with van der Waals surface area (Å²) in [7, 11) is 0. The van der Waals surface area contributed by atoms with Gasteiger partial charge in [0.05, 0.1) is 0 Å². The fraction of sp³-hybridized carbons (Fsp3) is 0.600. The van der Waals surface area contributed by atoms with E-state index in [1.165, 1.54) is 13.1 Å². The van der Waals surface area contributed by atoms with Crippen LogP contribution < -0.4 is 5.73 Å². The number of aliphatic imine (C=N–C) groups is 2. The zero-order chi connectivity index (χ0) is 8.91. The minimum absolute atomic E-state index is 0.357. The molecule has 0 bridgehead atoms. The monoisotopic (exact) mass is 167 g/mol. The Morgan fingerprint density at radius 2 is 2.09 bits per heavy atom. The van der Waals surface area contributed by atoms with Crippen molar-refractivity contribution in [2.45, 2.75) is 13.1 Å². The molecule has 0 aromatic carbocycles. The van der Waals surface area contributed by atoms with Gasteiger partial charge in [0, 0.05) is 6.21 Å². The molecule has 6 heteroatoms. The van der Waals surface area contributed by atoms with Gasteiger partial charge in [-0.1, -0.05) is 0 Å². The zero-order valence-corrected chi connectivity index (χ0v) is 5.89. The molecule has 0 amide bonds. The first-order valence-corrected chi connectivity index (χ1v) is 2.81. The van der Waals surface area contributed by atoms with Crippen LogP contribution in [0.25, 0.3) is 0 Å². The van der Waals surface area contributed by atoms with Gasteiger partial charge >= 0.3 is 6.18 Å². The summed E-state index contributed by atoms with van der Waals surface area (Å²) in [6.07, 6.45) is -3.04. The Labute approximate surface area is 61.8 Å². The molecule has 0 rings (SSSR count). The van der Waals surface area contributed by atoms with E-state index in [9.17, 15) is 13.2 Å². The molecular weight excluding hydrogens is 159 g/mol. The minimum atomic E-state index is -4.31. The Bertz CT molecular complexity index is 170. The van der Waals surface area contributed by atoms with Crippen molar-refractivity contribution in [1.82, 2.24) is 0 Å². The van der Waals surface area contributed by atoms with Gasteiger partial charge in [-0.3, -0.25) is 0 Å². The fourth-order valence-corrected chi connectivity index (χ4v) is 0.344. The van der Waals surface area contributed by atoms with Crippen LogP contribution in [0.5, 0.6) is 0 Å². The number of hydrogen-bond donors (Lipinski definition) is 1. The summed E-state index contributed by atoms with van der Waals surface area (Å²) in [5.41, 5.74) is 4.94. The summed E-state index contributed by atoms with van der Waals surface area (Å²) in [6, 6.07) is 0. The first kappa shape index (κ1) is 9.93. The molecular formula is C5H8F3N3. The van der Waals surface area contributed by atoms with Crippen molar-refractivity contribution >= 4 is 12.2 Å². The Balaban J connectivity index is 3.93. The third-order valence-corrected chi connectivity index (χ3v) is 0.682. The number of hydrogen-bond acceptors (Lipinski definition) is 1. The van der Waals surface area contributed by atoms with Gasteiger partial charge in [0.15, 0.2) is 0 Å². The van der Waals surface area contributed by atoms with Gasteiger partial charge in [-0.05, 0) is 6.92 Å². The first-order valence-electron chi connectivity index (χ1n) is 2.81. The standard InChI is InChI=1S/C5H8F3N3/c1-2-10-4(9)11-3-5(6,7)8/h2H,3H2,1H3,(H2,9,11). The van der Waals surface area contributed by atoms with Crippen molar-refractivity contribution in [2.24, 2.45) is 15.7 Å². The molecule has 0 aromatic rings. The Kier molecular flexibility index (Phi) is 3.56. The summed E-state index contributed by atoms with van der Waals surface area (Å²) in [6.45, 7) is 0.256. The molecule has 0 radical (unpaired) electrons. The van der Waals surface area contributed by atoms with Crippen molar-refractivity contribution in [3.63, 3.8) is 0 Å². The SMILES string of the molecule is CC=NC(N)=NCC(F)(F)F. The van der Waals surface area contributed by atoms with Crippen molar-refractivity contribution in [2.75, 3.05) is 6.54 Å². The number of rotatable bonds is 1. The first-order chi connectivity index (χ1) is 4.95. The second kappa shape index (κ2) is 3.95. The molecule has 0 unspecified atom stereocenters. The average Bonchev–Trinajstić information content (AvgIpc) is 1.83. The maximum atomic E-state index is 11.4. The summed E-state index contributed by atoms with van der Waals surface area (Å²) < 4.78 is 34.3. The number of alkyl halides is 3. The number of guanidine groups is 1. The second-order valence-electron chi connectivity index (χ2n) is 1.68. The second-order valence-corrected chi connectivity index (χ2v) is 1.68. The van der Waals surface area contributed by atoms with Gasteiger partial charge in [-0.15, -0.1) is 0 Å². The lowest BCUT2D eigenvalue weighted by molar-refractivity contribution is -0.118. The summed E-state index contributed by atoms with van der Waals surface area (Å²) in [5, 5.41) is 0. The molecule has 0 saturated heterocycles. The maximum absolute atomic E-state index is 11.4. The van der Waals surface area contributed by atoms with E-state index in [2.05, 4.69) is 9.98 Å². The van der Waals surface area contributed by atoms with Crippen molar-refractivity contribution in [3.8, 4) is 0 Å². The lowest BCUT2D eigenvalue weighted by Crippen LogP contribution is -2.17. The largest absolute Gasteiger partial charge is 0.408 e. The van der Waals surface area contributed by atoms with Crippen LogP contribution in [0.3, 0.4) is 0 Å². The average molecular weight is 167 g/mol. The van der Waals surface area contributed by atoms with E-state index in [4.69, 9.17) is 5.73 Å². The van der Waals surface area contributed by atoms with Gasteiger partial charge in [0.2, 0.25) is 5.96 Å². The van der Waals surface area contributed by atoms with Crippen molar-refractivity contribution < 1.29 is 13.2 Å². The van der Waals surface area contributed by atoms with Gasteiger partial charge in [-0.25, -0.2) is 9.98 Å². The molecule has 0 aromatic heterocycles. The van der Waals surface area contributed by atoms with E-state index in [1.807, 2.05) is 0 Å². The van der Waals surface area contributed by atoms with E-state index < -0.39 is 12.7 Å². The van der Waals surface area contributed by atoms with E-state index in [0.29, 0.717) is 0 Å². The smallest absolute Gasteiger partial charge is 0.368 e. The van der Waals surface area contributed by atoms with Crippen LogP contribution in [0.2, 0.25) is 0 Å². The molecule has 0 fully saturated rings. The number of nitrogens with zero attached hydrogens (tertiary/aromatic N) is 2. The lowest BCUT2D eigenvalue weighted by atomic mass is 10.6. The molecule has 2 N–H and O–H groups in total. The minimum Gasteiger partial charge on any atom is -0.368 e. The summed E-state index contributed by atoms with van der Waals surface area (Å²) in [4.78, 5) is 6.29. The van der Waals surface area contributed by atoms with Gasteiger partial charge in [0.25, 0.3) is 0 Å². The van der Waals surface area contributed by atoms with Crippen LogP contribution in [0, 0.1) is 0 Å². The highest BCUT2D eigenvalue weighted by atomic mass is 19.4. The molecule has 0 aliphatic rings. The third kappa shape index (κ3) is 6.82. The van der Waals surface area contributed by atoms with Crippen LogP contribution in [0.15, 0.2) is 9.98 Å². The maximum Gasteiger partial charge on any atom is 0.408 e. The summed E-state index contributed by atoms with van der Waals surface area (Å²) >= 11 is 0. The van der Waals surface area contributed by atoms with Gasteiger partial charge in [-0.2, -0.15) is 13.2 Å². The highest BCUT2D eigenvalue weighted by Crippen LogP contribution is 2.13. The highest BCUT2D eigenvalue weighted by molar-refractivity contribution is 5.85. The van der Waals surface area contributed by atoms with Crippen LogP contribution >= 0.6 is 0 Å². The molecule has 0 aliphatic carbocycles. The van der Waals surface area contributed by atoms with Crippen LogP contribution in [-0.2, 0) is 0 Å². The van der Waals surface area contributed by atoms with Gasteiger partial charge < -0.3 is 5.73 Å². The molecule has 3 nitrogen and oxygen atoms in total. The van der Waals surface area contributed by atoms with Gasteiger partial charge in [0.1, 0.15) is 6.54 Å². The molecule has 0 saturated carbocycles. The van der Waals surface area contributed by atoms with E-state index in [-0.39, 0.29) is 5.96 Å². The van der Waals surface area contributed by atoms with Crippen molar-refractivity contribution in [1.29, 1.82) is 0 Å². The third-order valence-electron chi connectivity index (χ3n) is 0.682. The Hall–Kier alpha value is -1.07. The molecule has 11 heavy (non-hydrogen) atoms. The topological polar surface area (TPSA) is 50.7 Å². The van der Waals surface area contributed by atoms with Crippen LogP contribution in [0.1, 0.15) is 6.92 Å². The predicted molar refractivity (Wildman–Crippen MR) is 36.7 cm³/mol. The summed E-state index contributed by atoms with van der Waals surface area (Å²) in [5.74, 6) is -0.357. The molecule has 64 valence electrons. The molecule has 0 atom stereocenters. The predicted octanol–water partition coefficient (Wildman–Crippen LogP) is 0.954. The fourth-order valence-electron chi connectivity index (χ4n) is 0.344. The lowest BCUT2D eigenvalue weighted by Gasteiger charge is -2.00.